The second-order valence-corrected chi connectivity index (χ2v) is 5.59. The fraction of sp³-hybridized carbons (Fsp3) is 0.538. The highest BCUT2D eigenvalue weighted by molar-refractivity contribution is 7.80. The number of benzene rings is 1. The van der Waals surface area contributed by atoms with Gasteiger partial charge in [-0.25, -0.2) is 0 Å². The lowest BCUT2D eigenvalue weighted by atomic mass is 9.98. The lowest BCUT2D eigenvalue weighted by Gasteiger charge is -2.22. The van der Waals surface area contributed by atoms with Crippen molar-refractivity contribution in [2.24, 2.45) is 5.41 Å². The first-order valence-corrected chi connectivity index (χ1v) is 6.39. The number of ether oxygens (including phenoxy) is 1. The van der Waals surface area contributed by atoms with E-state index in [9.17, 15) is 10.1 Å². The molecule has 0 atom stereocenters. The van der Waals surface area contributed by atoms with Gasteiger partial charge in [0.1, 0.15) is 5.75 Å². The molecule has 1 aromatic carbocycles. The summed E-state index contributed by atoms with van der Waals surface area (Å²) in [6.07, 6.45) is 0. The van der Waals surface area contributed by atoms with Gasteiger partial charge >= 0.3 is 0 Å². The zero-order valence-corrected chi connectivity index (χ0v) is 12.1. The Labute approximate surface area is 113 Å². The van der Waals surface area contributed by atoms with Crippen LogP contribution < -0.4 is 4.74 Å². The second-order valence-electron chi connectivity index (χ2n) is 5.27. The predicted molar refractivity (Wildman–Crippen MR) is 75.7 cm³/mol. The molecule has 100 valence electrons. The number of hydrogen-bond acceptors (Lipinski definition) is 4. The van der Waals surface area contributed by atoms with E-state index in [1.54, 1.807) is 13.0 Å². The number of hydrogen-bond donors (Lipinski definition) is 1. The molecule has 0 heterocycles. The Morgan fingerprint density at radius 2 is 1.94 bits per heavy atom. The zero-order chi connectivity index (χ0) is 13.9. The molecule has 0 saturated carbocycles. The summed E-state index contributed by atoms with van der Waals surface area (Å²) in [7, 11) is 0. The molecule has 4 nitrogen and oxygen atoms in total. The molecule has 0 aromatic heterocycles. The van der Waals surface area contributed by atoms with Crippen LogP contribution in [-0.4, -0.2) is 17.3 Å². The average Bonchev–Trinajstić information content (AvgIpc) is 2.27. The first-order chi connectivity index (χ1) is 8.26. The molecule has 0 aliphatic carbocycles. The molecule has 0 aliphatic heterocycles. The third-order valence-electron chi connectivity index (χ3n) is 2.74. The second kappa shape index (κ2) is 5.61. The van der Waals surface area contributed by atoms with E-state index in [1.807, 2.05) is 20.8 Å². The van der Waals surface area contributed by atoms with Crippen molar-refractivity contribution in [3.63, 3.8) is 0 Å². The van der Waals surface area contributed by atoms with Gasteiger partial charge in [0, 0.05) is 11.0 Å². The number of nitro benzene ring substituents is 1. The van der Waals surface area contributed by atoms with Gasteiger partial charge < -0.3 is 4.74 Å². The average molecular weight is 269 g/mol. The largest absolute Gasteiger partial charge is 0.492 e. The van der Waals surface area contributed by atoms with Crippen molar-refractivity contribution in [1.82, 2.24) is 0 Å². The minimum Gasteiger partial charge on any atom is -0.492 e. The SMILES string of the molecule is Cc1cc(C)c([N+](=O)[O-])cc1OCC(C)(C)CS. The number of aryl methyl sites for hydroxylation is 2. The summed E-state index contributed by atoms with van der Waals surface area (Å²) in [5.74, 6) is 1.27. The Morgan fingerprint density at radius 3 is 2.44 bits per heavy atom. The Kier molecular flexibility index (Phi) is 4.62. The maximum absolute atomic E-state index is 10.9. The minimum absolute atomic E-state index is 0.0603. The fourth-order valence-corrected chi connectivity index (χ4v) is 1.58. The van der Waals surface area contributed by atoms with E-state index in [0.29, 0.717) is 23.7 Å². The van der Waals surface area contributed by atoms with Gasteiger partial charge in [-0.1, -0.05) is 13.8 Å². The third kappa shape index (κ3) is 3.63. The van der Waals surface area contributed by atoms with Gasteiger partial charge in [-0.2, -0.15) is 12.6 Å². The van der Waals surface area contributed by atoms with Crippen LogP contribution in [0.5, 0.6) is 5.75 Å². The Morgan fingerprint density at radius 1 is 1.33 bits per heavy atom. The van der Waals surface area contributed by atoms with Crippen molar-refractivity contribution >= 4 is 18.3 Å². The zero-order valence-electron chi connectivity index (χ0n) is 11.2. The highest BCUT2D eigenvalue weighted by Gasteiger charge is 2.19. The van der Waals surface area contributed by atoms with E-state index in [4.69, 9.17) is 4.74 Å². The summed E-state index contributed by atoms with van der Waals surface area (Å²) < 4.78 is 5.68. The highest BCUT2D eigenvalue weighted by atomic mass is 32.1. The third-order valence-corrected chi connectivity index (χ3v) is 3.59. The lowest BCUT2D eigenvalue weighted by molar-refractivity contribution is -0.385. The summed E-state index contributed by atoms with van der Waals surface area (Å²) in [5.41, 5.74) is 1.60. The number of thiol groups is 1. The highest BCUT2D eigenvalue weighted by Crippen LogP contribution is 2.29. The number of rotatable bonds is 5. The molecule has 0 fully saturated rings. The fourth-order valence-electron chi connectivity index (χ4n) is 1.49. The molecule has 0 saturated heterocycles. The van der Waals surface area contributed by atoms with Crippen LogP contribution >= 0.6 is 12.6 Å². The summed E-state index contributed by atoms with van der Waals surface area (Å²) in [5, 5.41) is 10.9. The monoisotopic (exact) mass is 269 g/mol. The molecule has 5 heteroatoms. The number of nitro groups is 1. The van der Waals surface area contributed by atoms with Crippen LogP contribution in [0, 0.1) is 29.4 Å². The molecule has 0 radical (unpaired) electrons. The van der Waals surface area contributed by atoms with Gasteiger partial charge in [-0.3, -0.25) is 10.1 Å². The molecule has 0 unspecified atom stereocenters. The van der Waals surface area contributed by atoms with Crippen LogP contribution in [0.2, 0.25) is 0 Å². The van der Waals surface area contributed by atoms with Gasteiger partial charge in [0.25, 0.3) is 5.69 Å². The van der Waals surface area contributed by atoms with Crippen molar-refractivity contribution in [3.05, 3.63) is 33.4 Å². The maximum Gasteiger partial charge on any atom is 0.276 e. The van der Waals surface area contributed by atoms with E-state index in [1.165, 1.54) is 6.07 Å². The van der Waals surface area contributed by atoms with E-state index in [-0.39, 0.29) is 16.0 Å². The van der Waals surface area contributed by atoms with Crippen molar-refractivity contribution in [2.45, 2.75) is 27.7 Å². The predicted octanol–water partition coefficient (Wildman–Crippen LogP) is 3.55. The van der Waals surface area contributed by atoms with E-state index in [2.05, 4.69) is 12.6 Å². The van der Waals surface area contributed by atoms with Crippen LogP contribution in [0.4, 0.5) is 5.69 Å². The van der Waals surface area contributed by atoms with E-state index >= 15 is 0 Å². The molecule has 0 N–H and O–H groups in total. The minimum atomic E-state index is -0.384. The van der Waals surface area contributed by atoms with Gasteiger partial charge in [0.2, 0.25) is 0 Å². The summed E-state index contributed by atoms with van der Waals surface area (Å²) in [4.78, 5) is 10.5. The van der Waals surface area contributed by atoms with Crippen LogP contribution in [0.25, 0.3) is 0 Å². The molecule has 1 aromatic rings. The summed E-state index contributed by atoms with van der Waals surface area (Å²) in [6, 6.07) is 3.28. The summed E-state index contributed by atoms with van der Waals surface area (Å²) >= 11 is 4.25. The van der Waals surface area contributed by atoms with Gasteiger partial charge in [-0.05, 0) is 31.2 Å². The molecule has 0 spiro atoms. The maximum atomic E-state index is 10.9. The smallest absolute Gasteiger partial charge is 0.276 e. The topological polar surface area (TPSA) is 52.4 Å². The van der Waals surface area contributed by atoms with Crippen LogP contribution in [0.15, 0.2) is 12.1 Å². The standard InChI is InChI=1S/C13H19NO3S/c1-9-5-10(2)12(6-11(9)14(15)16)17-7-13(3,4)8-18/h5-6,18H,7-8H2,1-4H3. The quantitative estimate of drug-likeness (QED) is 0.505. The lowest BCUT2D eigenvalue weighted by Crippen LogP contribution is -2.23. The van der Waals surface area contributed by atoms with Crippen LogP contribution in [-0.2, 0) is 0 Å². The van der Waals surface area contributed by atoms with Crippen molar-refractivity contribution < 1.29 is 9.66 Å². The van der Waals surface area contributed by atoms with Crippen LogP contribution in [0.3, 0.4) is 0 Å². The Bertz CT molecular complexity index is 458. The van der Waals surface area contributed by atoms with E-state index < -0.39 is 0 Å². The molecule has 0 amide bonds. The molecular formula is C13H19NO3S. The van der Waals surface area contributed by atoms with Crippen molar-refractivity contribution in [1.29, 1.82) is 0 Å². The molecule has 0 aliphatic rings. The first kappa shape index (κ1) is 14.8. The van der Waals surface area contributed by atoms with Crippen molar-refractivity contribution in [2.75, 3.05) is 12.4 Å². The number of nitrogens with zero attached hydrogens (tertiary/aromatic N) is 1. The molecule has 0 bridgehead atoms. The van der Waals surface area contributed by atoms with Gasteiger partial charge in [0.15, 0.2) is 0 Å². The Balaban J connectivity index is 2.96. The van der Waals surface area contributed by atoms with Crippen LogP contribution in [0.1, 0.15) is 25.0 Å². The molecule has 1 rings (SSSR count). The van der Waals surface area contributed by atoms with Crippen molar-refractivity contribution in [3.8, 4) is 5.75 Å². The van der Waals surface area contributed by atoms with Gasteiger partial charge in [-0.15, -0.1) is 0 Å². The molecule has 18 heavy (non-hydrogen) atoms. The van der Waals surface area contributed by atoms with Gasteiger partial charge in [0.05, 0.1) is 17.6 Å². The summed E-state index contributed by atoms with van der Waals surface area (Å²) in [6.45, 7) is 8.18. The van der Waals surface area contributed by atoms with E-state index in [0.717, 1.165) is 5.56 Å². The first-order valence-electron chi connectivity index (χ1n) is 5.76. The normalized spacial score (nSPS) is 11.4. The molecular weight excluding hydrogens is 250 g/mol. The Hall–Kier alpha value is -1.23.